The largest absolute Gasteiger partial charge is 0.468 e. The van der Waals surface area contributed by atoms with E-state index >= 15 is 0 Å². The first kappa shape index (κ1) is 25.4. The Morgan fingerprint density at radius 3 is 1.97 bits per heavy atom. The van der Waals surface area contributed by atoms with Crippen LogP contribution in [0.2, 0.25) is 0 Å². The highest BCUT2D eigenvalue weighted by molar-refractivity contribution is 6.04. The molecule has 38 heavy (non-hydrogen) atoms. The monoisotopic (exact) mass is 504 g/mol. The Morgan fingerprint density at radius 1 is 0.737 bits per heavy atom. The summed E-state index contributed by atoms with van der Waals surface area (Å²) in [5.74, 6) is -0.165. The molecule has 0 aliphatic carbocycles. The number of hydrogen-bond acceptors (Lipinski definition) is 4. The predicted molar refractivity (Wildman–Crippen MR) is 152 cm³/mol. The van der Waals surface area contributed by atoms with E-state index < -0.39 is 0 Å². The van der Waals surface area contributed by atoms with Crippen LogP contribution in [-0.2, 0) is 22.6 Å². The van der Waals surface area contributed by atoms with Gasteiger partial charge in [-0.25, -0.2) is 0 Å². The number of rotatable bonds is 7. The Hall–Kier alpha value is -4.22. The van der Waals surface area contributed by atoms with E-state index in [1.807, 2.05) is 80.6 Å². The van der Waals surface area contributed by atoms with Crippen molar-refractivity contribution in [3.05, 3.63) is 114 Å². The summed E-state index contributed by atoms with van der Waals surface area (Å²) >= 11 is 0. The maximum Gasteiger partial charge on any atom is 0.323 e. The highest BCUT2D eigenvalue weighted by atomic mass is 16.5. The molecule has 0 saturated carbocycles. The first-order valence-electron chi connectivity index (χ1n) is 12.9. The maximum absolute atomic E-state index is 12.9. The molecule has 1 atom stereocenters. The summed E-state index contributed by atoms with van der Waals surface area (Å²) in [7, 11) is 1.45. The Labute approximate surface area is 224 Å². The Bertz CT molecular complexity index is 1430. The molecule has 0 aromatic heterocycles. The highest BCUT2D eigenvalue weighted by Gasteiger charge is 2.33. The van der Waals surface area contributed by atoms with Crippen LogP contribution in [-0.4, -0.2) is 29.9 Å². The minimum absolute atomic E-state index is 0.142. The van der Waals surface area contributed by atoms with Gasteiger partial charge in [0, 0.05) is 24.3 Å². The number of nitrogens with zero attached hydrogens (tertiary/aromatic N) is 1. The summed E-state index contributed by atoms with van der Waals surface area (Å²) in [5.41, 5.74) is 8.20. The molecule has 1 unspecified atom stereocenters. The van der Waals surface area contributed by atoms with Crippen molar-refractivity contribution in [3.8, 4) is 22.3 Å². The van der Waals surface area contributed by atoms with E-state index in [1.165, 1.54) is 18.2 Å². The molecule has 0 spiro atoms. The van der Waals surface area contributed by atoms with Crippen LogP contribution in [0.15, 0.2) is 97.1 Å². The molecule has 5 rings (SSSR count). The maximum atomic E-state index is 12.9. The molecule has 4 aromatic carbocycles. The van der Waals surface area contributed by atoms with Crippen molar-refractivity contribution < 1.29 is 14.3 Å². The van der Waals surface area contributed by atoms with Gasteiger partial charge in [-0.05, 0) is 69.6 Å². The van der Waals surface area contributed by atoms with E-state index in [2.05, 4.69) is 40.5 Å². The zero-order valence-electron chi connectivity index (χ0n) is 22.0. The molecule has 0 radical (unpaired) electrons. The molecule has 1 heterocycles. The Balaban J connectivity index is 1.25. The normalized spacial score (nSPS) is 13.7. The summed E-state index contributed by atoms with van der Waals surface area (Å²) in [6.45, 7) is 5.55. The van der Waals surface area contributed by atoms with Gasteiger partial charge in [0.25, 0.3) is 5.91 Å². The second kappa shape index (κ2) is 11.0. The summed E-state index contributed by atoms with van der Waals surface area (Å²) in [6, 6.07) is 31.9. The SMILES string of the molecule is COC(=O)C(C(C)C)N1Cc2ccc(-c3ccc(C(=O)Nc4ccc(-c5ccccc5)cc4)cc3)cc2C1. The van der Waals surface area contributed by atoms with Gasteiger partial charge in [-0.3, -0.25) is 14.5 Å². The van der Waals surface area contributed by atoms with Gasteiger partial charge in [-0.15, -0.1) is 0 Å². The molecule has 5 heteroatoms. The average molecular weight is 505 g/mol. The zero-order valence-corrected chi connectivity index (χ0v) is 22.0. The van der Waals surface area contributed by atoms with Crippen molar-refractivity contribution in [3.63, 3.8) is 0 Å². The average Bonchev–Trinajstić information content (AvgIpc) is 3.36. The molecule has 1 aliphatic heterocycles. The van der Waals surface area contributed by atoms with Crippen LogP contribution in [0, 0.1) is 5.92 Å². The first-order chi connectivity index (χ1) is 18.4. The Kier molecular flexibility index (Phi) is 7.38. The van der Waals surface area contributed by atoms with Gasteiger partial charge >= 0.3 is 5.97 Å². The third-order valence-electron chi connectivity index (χ3n) is 7.15. The first-order valence-corrected chi connectivity index (χ1v) is 12.9. The molecule has 4 aromatic rings. The van der Waals surface area contributed by atoms with Crippen LogP contribution in [0.4, 0.5) is 5.69 Å². The van der Waals surface area contributed by atoms with Crippen molar-refractivity contribution in [1.29, 1.82) is 0 Å². The lowest BCUT2D eigenvalue weighted by Gasteiger charge is -2.28. The number of hydrogen-bond donors (Lipinski definition) is 1. The van der Waals surface area contributed by atoms with Crippen LogP contribution >= 0.6 is 0 Å². The lowest BCUT2D eigenvalue weighted by molar-refractivity contribution is -0.149. The van der Waals surface area contributed by atoms with Crippen molar-refractivity contribution in [2.24, 2.45) is 5.92 Å². The standard InChI is InChI=1S/C33H32N2O3/c1-22(2)31(33(37)38-3)35-20-28-14-13-27(19-29(28)21-35)25-9-11-26(12-10-25)32(36)34-30-17-15-24(16-18-30)23-7-5-4-6-8-23/h4-19,22,31H,20-21H2,1-3H3,(H,34,36). The molecule has 0 fully saturated rings. The van der Waals surface area contributed by atoms with E-state index in [9.17, 15) is 9.59 Å². The zero-order chi connectivity index (χ0) is 26.6. The molecule has 5 nitrogen and oxygen atoms in total. The number of anilines is 1. The second-order valence-corrected chi connectivity index (χ2v) is 10.1. The van der Waals surface area contributed by atoms with Crippen LogP contribution in [0.5, 0.6) is 0 Å². The van der Waals surface area contributed by atoms with Gasteiger partial charge in [-0.1, -0.05) is 80.6 Å². The van der Waals surface area contributed by atoms with Gasteiger partial charge in [0.1, 0.15) is 6.04 Å². The number of amides is 1. The summed E-state index contributed by atoms with van der Waals surface area (Å²) < 4.78 is 5.06. The number of carbonyl (C=O) groups is 2. The van der Waals surface area contributed by atoms with E-state index in [1.54, 1.807) is 0 Å². The van der Waals surface area contributed by atoms with Crippen molar-refractivity contribution in [2.75, 3.05) is 12.4 Å². The van der Waals surface area contributed by atoms with E-state index in [4.69, 9.17) is 4.74 Å². The van der Waals surface area contributed by atoms with Gasteiger partial charge in [0.2, 0.25) is 0 Å². The topological polar surface area (TPSA) is 58.6 Å². The minimum Gasteiger partial charge on any atom is -0.468 e. The summed E-state index contributed by atoms with van der Waals surface area (Å²) in [5, 5.41) is 2.99. The molecule has 192 valence electrons. The smallest absolute Gasteiger partial charge is 0.323 e. The highest BCUT2D eigenvalue weighted by Crippen LogP contribution is 2.31. The third-order valence-corrected chi connectivity index (χ3v) is 7.15. The van der Waals surface area contributed by atoms with Crippen molar-refractivity contribution in [2.45, 2.75) is 33.0 Å². The van der Waals surface area contributed by atoms with Gasteiger partial charge in [-0.2, -0.15) is 0 Å². The van der Waals surface area contributed by atoms with E-state index in [-0.39, 0.29) is 23.8 Å². The number of methoxy groups -OCH3 is 1. The lowest BCUT2D eigenvalue weighted by atomic mass is 9.99. The molecule has 0 bridgehead atoms. The lowest BCUT2D eigenvalue weighted by Crippen LogP contribution is -2.42. The molecule has 1 aliphatic rings. The van der Waals surface area contributed by atoms with Gasteiger partial charge < -0.3 is 10.1 Å². The second-order valence-electron chi connectivity index (χ2n) is 10.1. The third kappa shape index (κ3) is 5.38. The molecule has 1 N–H and O–H groups in total. The minimum atomic E-state index is -0.261. The summed E-state index contributed by atoms with van der Waals surface area (Å²) in [6.07, 6.45) is 0. The number of ether oxygens (including phenoxy) is 1. The van der Waals surface area contributed by atoms with Gasteiger partial charge in [0.15, 0.2) is 0 Å². The fraction of sp³-hybridized carbons (Fsp3) is 0.212. The number of esters is 1. The quantitative estimate of drug-likeness (QED) is 0.282. The van der Waals surface area contributed by atoms with E-state index in [0.29, 0.717) is 12.1 Å². The number of fused-ring (bicyclic) bond motifs is 1. The van der Waals surface area contributed by atoms with Gasteiger partial charge in [0.05, 0.1) is 7.11 Å². The predicted octanol–water partition coefficient (Wildman–Crippen LogP) is 6.79. The van der Waals surface area contributed by atoms with Crippen LogP contribution in [0.1, 0.15) is 35.3 Å². The molecule has 1 amide bonds. The Morgan fingerprint density at radius 2 is 1.32 bits per heavy atom. The molecular formula is C33H32N2O3. The van der Waals surface area contributed by atoms with Crippen LogP contribution < -0.4 is 5.32 Å². The van der Waals surface area contributed by atoms with Crippen molar-refractivity contribution >= 4 is 17.6 Å². The van der Waals surface area contributed by atoms with Crippen molar-refractivity contribution in [1.82, 2.24) is 4.90 Å². The van der Waals surface area contributed by atoms with Crippen LogP contribution in [0.3, 0.4) is 0 Å². The number of benzene rings is 4. The fourth-order valence-corrected chi connectivity index (χ4v) is 5.15. The summed E-state index contributed by atoms with van der Waals surface area (Å²) in [4.78, 5) is 27.4. The molecule has 0 saturated heterocycles. The fourth-order valence-electron chi connectivity index (χ4n) is 5.15. The molecular weight excluding hydrogens is 472 g/mol. The number of nitrogens with one attached hydrogen (secondary N) is 1. The van der Waals surface area contributed by atoms with E-state index in [0.717, 1.165) is 34.5 Å². The van der Waals surface area contributed by atoms with Crippen LogP contribution in [0.25, 0.3) is 22.3 Å². The number of carbonyl (C=O) groups excluding carboxylic acids is 2.